The van der Waals surface area contributed by atoms with Gasteiger partial charge in [0.05, 0.1) is 17.0 Å². The Morgan fingerprint density at radius 2 is 1.88 bits per heavy atom. The predicted octanol–water partition coefficient (Wildman–Crippen LogP) is 2.97. The molecular weight excluding hydrogens is 318 g/mol. The molecule has 128 valence electrons. The minimum absolute atomic E-state index is 0.263. The van der Waals surface area contributed by atoms with Crippen LogP contribution in [0.25, 0.3) is 22.3 Å². The van der Waals surface area contributed by atoms with Gasteiger partial charge in [0.2, 0.25) is 0 Å². The van der Waals surface area contributed by atoms with Crippen molar-refractivity contribution in [3.63, 3.8) is 0 Å². The molecule has 1 unspecified atom stereocenters. The molecule has 0 aliphatic heterocycles. The lowest BCUT2D eigenvalue weighted by Gasteiger charge is -2.20. The number of pyridine rings is 1. The minimum atomic E-state index is -0.804. The van der Waals surface area contributed by atoms with Gasteiger partial charge in [-0.1, -0.05) is 12.1 Å². The Morgan fingerprint density at radius 3 is 2.56 bits per heavy atom. The molecular formula is C19H19N3O3. The quantitative estimate of drug-likeness (QED) is 0.684. The van der Waals surface area contributed by atoms with Crippen LogP contribution in [0, 0.1) is 0 Å². The van der Waals surface area contributed by atoms with Gasteiger partial charge < -0.3 is 4.74 Å². The molecule has 2 heterocycles. The van der Waals surface area contributed by atoms with Crippen LogP contribution < -0.4 is 5.56 Å². The van der Waals surface area contributed by atoms with Crippen LogP contribution in [0.2, 0.25) is 0 Å². The van der Waals surface area contributed by atoms with E-state index in [1.807, 2.05) is 6.07 Å². The van der Waals surface area contributed by atoms with Crippen molar-refractivity contribution in [3.8, 4) is 11.4 Å². The van der Waals surface area contributed by atoms with Crippen LogP contribution in [-0.2, 0) is 9.53 Å². The summed E-state index contributed by atoms with van der Waals surface area (Å²) in [6, 6.07) is 9.84. The van der Waals surface area contributed by atoms with E-state index < -0.39 is 12.0 Å². The van der Waals surface area contributed by atoms with Gasteiger partial charge in [0.25, 0.3) is 5.56 Å². The number of nitrogens with zero attached hydrogens (tertiary/aromatic N) is 3. The van der Waals surface area contributed by atoms with Crippen molar-refractivity contribution in [2.24, 2.45) is 0 Å². The molecule has 0 bridgehead atoms. The third-order valence-corrected chi connectivity index (χ3v) is 3.81. The van der Waals surface area contributed by atoms with E-state index in [0.717, 1.165) is 0 Å². The maximum atomic E-state index is 13.0. The predicted molar refractivity (Wildman–Crippen MR) is 95.2 cm³/mol. The molecule has 1 atom stereocenters. The zero-order valence-corrected chi connectivity index (χ0v) is 14.3. The number of ether oxygens (including phenoxy) is 1. The van der Waals surface area contributed by atoms with E-state index in [9.17, 15) is 9.59 Å². The van der Waals surface area contributed by atoms with Crippen molar-refractivity contribution < 1.29 is 9.53 Å². The van der Waals surface area contributed by atoms with Crippen LogP contribution in [0.1, 0.15) is 26.8 Å². The first-order valence-corrected chi connectivity index (χ1v) is 8.11. The summed E-state index contributed by atoms with van der Waals surface area (Å²) in [5, 5.41) is 0.458. The van der Waals surface area contributed by atoms with Crippen molar-refractivity contribution in [1.82, 2.24) is 14.5 Å². The molecule has 0 spiro atoms. The number of benzene rings is 1. The van der Waals surface area contributed by atoms with Gasteiger partial charge >= 0.3 is 5.97 Å². The first kappa shape index (κ1) is 16.8. The Kier molecular flexibility index (Phi) is 4.61. The Hall–Kier alpha value is -3.02. The molecule has 0 saturated heterocycles. The van der Waals surface area contributed by atoms with Gasteiger partial charge in [-0.25, -0.2) is 9.78 Å². The third kappa shape index (κ3) is 3.28. The molecule has 0 radical (unpaired) electrons. The molecule has 2 aromatic heterocycles. The number of hydrogen-bond acceptors (Lipinski definition) is 5. The van der Waals surface area contributed by atoms with E-state index in [0.29, 0.717) is 22.3 Å². The van der Waals surface area contributed by atoms with E-state index in [1.54, 1.807) is 63.5 Å². The van der Waals surface area contributed by atoms with Gasteiger partial charge in [-0.2, -0.15) is 0 Å². The Balaban J connectivity index is 2.26. The van der Waals surface area contributed by atoms with Crippen LogP contribution in [-0.4, -0.2) is 26.6 Å². The number of esters is 1. The summed E-state index contributed by atoms with van der Waals surface area (Å²) < 4.78 is 6.66. The van der Waals surface area contributed by atoms with E-state index in [4.69, 9.17) is 4.74 Å². The van der Waals surface area contributed by atoms with Gasteiger partial charge in [0.1, 0.15) is 11.9 Å². The lowest BCUT2D eigenvalue weighted by molar-refractivity contribution is -0.150. The summed E-state index contributed by atoms with van der Waals surface area (Å²) in [6.07, 6.45) is 3.00. The normalized spacial score (nSPS) is 12.3. The molecule has 1 aromatic carbocycles. The fourth-order valence-corrected chi connectivity index (χ4v) is 2.64. The largest absolute Gasteiger partial charge is 0.461 e. The molecule has 3 rings (SSSR count). The summed E-state index contributed by atoms with van der Waals surface area (Å²) in [5.41, 5.74) is 0.958. The molecule has 25 heavy (non-hydrogen) atoms. The van der Waals surface area contributed by atoms with Gasteiger partial charge in [-0.15, -0.1) is 0 Å². The second kappa shape index (κ2) is 6.84. The van der Waals surface area contributed by atoms with Crippen molar-refractivity contribution in [1.29, 1.82) is 0 Å². The lowest BCUT2D eigenvalue weighted by atomic mass is 10.2. The molecule has 6 nitrogen and oxygen atoms in total. The first-order valence-electron chi connectivity index (χ1n) is 8.11. The smallest absolute Gasteiger partial charge is 0.329 e. The van der Waals surface area contributed by atoms with Crippen LogP contribution in [0.15, 0.2) is 53.6 Å². The number of carbonyl (C=O) groups is 1. The highest BCUT2D eigenvalue weighted by Crippen LogP contribution is 2.22. The average molecular weight is 337 g/mol. The maximum absolute atomic E-state index is 13.0. The van der Waals surface area contributed by atoms with Crippen LogP contribution >= 0.6 is 0 Å². The Bertz CT molecular complexity index is 965. The molecule has 0 amide bonds. The van der Waals surface area contributed by atoms with Gasteiger partial charge in [0.15, 0.2) is 0 Å². The van der Waals surface area contributed by atoms with E-state index >= 15 is 0 Å². The molecule has 0 fully saturated rings. The van der Waals surface area contributed by atoms with Crippen molar-refractivity contribution in [3.05, 3.63) is 59.1 Å². The van der Waals surface area contributed by atoms with E-state index in [1.165, 1.54) is 4.57 Å². The average Bonchev–Trinajstić information content (AvgIpc) is 2.61. The van der Waals surface area contributed by atoms with Crippen molar-refractivity contribution >= 4 is 16.9 Å². The summed E-state index contributed by atoms with van der Waals surface area (Å²) in [7, 11) is 0. The van der Waals surface area contributed by atoms with E-state index in [2.05, 4.69) is 9.97 Å². The van der Waals surface area contributed by atoms with Crippen LogP contribution in [0.3, 0.4) is 0 Å². The fraction of sp³-hybridized carbons (Fsp3) is 0.263. The SMILES string of the molecule is CC(C)OC(=O)C(C)n1c(-c2cccnc2)nc2ccccc2c1=O. The Morgan fingerprint density at radius 1 is 1.12 bits per heavy atom. The van der Waals surface area contributed by atoms with Crippen molar-refractivity contribution in [2.45, 2.75) is 32.9 Å². The standard InChI is InChI=1S/C19H19N3O3/c1-12(2)25-19(24)13(3)22-17(14-7-6-10-20-11-14)21-16-9-5-4-8-15(16)18(22)23/h4-13H,1-3H3. The first-order chi connectivity index (χ1) is 12.0. The summed E-state index contributed by atoms with van der Waals surface area (Å²) in [4.78, 5) is 34.1. The van der Waals surface area contributed by atoms with E-state index in [-0.39, 0.29) is 11.7 Å². The van der Waals surface area contributed by atoms with Gasteiger partial charge in [0, 0.05) is 18.0 Å². The van der Waals surface area contributed by atoms with Crippen LogP contribution in [0.4, 0.5) is 0 Å². The molecule has 0 N–H and O–H groups in total. The van der Waals surface area contributed by atoms with Gasteiger partial charge in [-0.05, 0) is 45.0 Å². The zero-order valence-electron chi connectivity index (χ0n) is 14.3. The maximum Gasteiger partial charge on any atom is 0.329 e. The highest BCUT2D eigenvalue weighted by molar-refractivity contribution is 5.81. The molecule has 0 saturated carbocycles. The highest BCUT2D eigenvalue weighted by Gasteiger charge is 2.24. The lowest BCUT2D eigenvalue weighted by Crippen LogP contribution is -2.32. The minimum Gasteiger partial charge on any atom is -0.461 e. The number of fused-ring (bicyclic) bond motifs is 1. The summed E-state index contributed by atoms with van der Waals surface area (Å²) in [6.45, 7) is 5.19. The number of para-hydroxylation sites is 1. The highest BCUT2D eigenvalue weighted by atomic mass is 16.5. The number of carbonyl (C=O) groups excluding carboxylic acids is 1. The molecule has 6 heteroatoms. The molecule has 0 aliphatic carbocycles. The number of aromatic nitrogens is 3. The fourth-order valence-electron chi connectivity index (χ4n) is 2.64. The topological polar surface area (TPSA) is 74.1 Å². The molecule has 0 aliphatic rings. The van der Waals surface area contributed by atoms with Crippen molar-refractivity contribution in [2.75, 3.05) is 0 Å². The number of rotatable bonds is 4. The third-order valence-electron chi connectivity index (χ3n) is 3.81. The summed E-state index contributed by atoms with van der Waals surface area (Å²) >= 11 is 0. The molecule has 3 aromatic rings. The van der Waals surface area contributed by atoms with Crippen LogP contribution in [0.5, 0.6) is 0 Å². The summed E-state index contributed by atoms with van der Waals surface area (Å²) in [5.74, 6) is -0.0793. The second-order valence-corrected chi connectivity index (χ2v) is 6.03. The number of hydrogen-bond donors (Lipinski definition) is 0. The second-order valence-electron chi connectivity index (χ2n) is 6.03. The van der Waals surface area contributed by atoms with Gasteiger partial charge in [-0.3, -0.25) is 14.3 Å². The monoisotopic (exact) mass is 337 g/mol. The zero-order chi connectivity index (χ0) is 18.0. The Labute approximate surface area is 145 Å².